The summed E-state index contributed by atoms with van der Waals surface area (Å²) in [5.74, 6) is -0.108. The molecule has 0 amide bonds. The van der Waals surface area contributed by atoms with Crippen LogP contribution in [0.5, 0.6) is 5.75 Å². The molecule has 0 fully saturated rings. The molecule has 6 heteroatoms. The maximum atomic E-state index is 12.7. The zero-order chi connectivity index (χ0) is 15.4. The largest absolute Gasteiger partial charge is 0.506 e. The van der Waals surface area contributed by atoms with Gasteiger partial charge in [-0.3, -0.25) is 4.79 Å². The Morgan fingerprint density at radius 2 is 1.81 bits per heavy atom. The average Bonchev–Trinajstić information content (AvgIpc) is 2.39. The number of hydrogen-bond acceptors (Lipinski definition) is 2. The number of aromatic nitrogens is 1. The predicted octanol–water partition coefficient (Wildman–Crippen LogP) is 3.71. The number of fused-ring (bicyclic) bond motifs is 2. The van der Waals surface area contributed by atoms with Gasteiger partial charge in [0.25, 0.3) is 0 Å². The fourth-order valence-electron chi connectivity index (χ4n) is 2.37. The summed E-state index contributed by atoms with van der Waals surface area (Å²) >= 11 is 0. The van der Waals surface area contributed by atoms with Crippen LogP contribution in [-0.4, -0.2) is 10.1 Å². The van der Waals surface area contributed by atoms with E-state index in [4.69, 9.17) is 0 Å². The Bertz CT molecular complexity index is 926. The smallest absolute Gasteiger partial charge is 0.416 e. The summed E-state index contributed by atoms with van der Waals surface area (Å²) < 4.78 is 38.2. The standard InChI is InChI=1S/C15H10F3NO2/c1-7-4-10-13(12(20)5-7)19-11-3-2-8(15(16,17)18)6-9(11)14(10)21/h2-6,20H,1H3,(H,19,21). The number of aromatic amines is 1. The Morgan fingerprint density at radius 3 is 2.48 bits per heavy atom. The van der Waals surface area contributed by atoms with Gasteiger partial charge < -0.3 is 10.1 Å². The molecule has 1 aromatic heterocycles. The van der Waals surface area contributed by atoms with Crippen LogP contribution in [0.1, 0.15) is 11.1 Å². The van der Waals surface area contributed by atoms with Gasteiger partial charge >= 0.3 is 6.18 Å². The topological polar surface area (TPSA) is 53.1 Å². The van der Waals surface area contributed by atoms with E-state index in [2.05, 4.69) is 4.98 Å². The molecule has 21 heavy (non-hydrogen) atoms. The lowest BCUT2D eigenvalue weighted by Gasteiger charge is -2.09. The van der Waals surface area contributed by atoms with Crippen LogP contribution in [0.4, 0.5) is 13.2 Å². The number of rotatable bonds is 0. The molecule has 0 unspecified atom stereocenters. The van der Waals surface area contributed by atoms with E-state index in [1.807, 2.05) is 0 Å². The average molecular weight is 293 g/mol. The maximum absolute atomic E-state index is 12.7. The first-order valence-corrected chi connectivity index (χ1v) is 6.14. The normalized spacial score (nSPS) is 12.2. The Hall–Kier alpha value is -2.50. The molecular formula is C15H10F3NO2. The molecule has 0 spiro atoms. The van der Waals surface area contributed by atoms with E-state index in [-0.39, 0.29) is 27.6 Å². The lowest BCUT2D eigenvalue weighted by molar-refractivity contribution is -0.137. The highest BCUT2D eigenvalue weighted by Gasteiger charge is 2.30. The third-order valence-electron chi connectivity index (χ3n) is 3.36. The minimum Gasteiger partial charge on any atom is -0.506 e. The number of phenolic OH excluding ortho intramolecular Hbond substituents is 1. The summed E-state index contributed by atoms with van der Waals surface area (Å²) in [5.41, 5.74) is -0.296. The van der Waals surface area contributed by atoms with Gasteiger partial charge in [0.2, 0.25) is 0 Å². The van der Waals surface area contributed by atoms with Crippen LogP contribution in [0.2, 0.25) is 0 Å². The molecule has 1 heterocycles. The van der Waals surface area contributed by atoms with Crippen LogP contribution in [0, 0.1) is 6.92 Å². The first-order valence-electron chi connectivity index (χ1n) is 6.14. The maximum Gasteiger partial charge on any atom is 0.416 e. The summed E-state index contributed by atoms with van der Waals surface area (Å²) in [4.78, 5) is 15.2. The molecule has 0 aliphatic heterocycles. The van der Waals surface area contributed by atoms with E-state index in [1.54, 1.807) is 6.92 Å². The van der Waals surface area contributed by atoms with Crippen molar-refractivity contribution in [2.75, 3.05) is 0 Å². The zero-order valence-electron chi connectivity index (χ0n) is 10.9. The van der Waals surface area contributed by atoms with Gasteiger partial charge in [-0.25, -0.2) is 0 Å². The molecule has 0 aliphatic carbocycles. The number of nitrogens with one attached hydrogen (secondary N) is 1. The van der Waals surface area contributed by atoms with Crippen LogP contribution in [0.15, 0.2) is 35.1 Å². The van der Waals surface area contributed by atoms with Gasteiger partial charge in [0, 0.05) is 10.9 Å². The van der Waals surface area contributed by atoms with Crippen molar-refractivity contribution in [1.82, 2.24) is 4.98 Å². The highest BCUT2D eigenvalue weighted by atomic mass is 19.4. The Labute approximate surface area is 116 Å². The zero-order valence-corrected chi connectivity index (χ0v) is 10.9. The number of hydrogen-bond donors (Lipinski definition) is 2. The van der Waals surface area contributed by atoms with Crippen molar-refractivity contribution in [3.05, 3.63) is 51.7 Å². The van der Waals surface area contributed by atoms with Crippen LogP contribution in [0.3, 0.4) is 0 Å². The fourth-order valence-corrected chi connectivity index (χ4v) is 2.37. The SMILES string of the molecule is Cc1cc(O)c2[nH]c3ccc(C(F)(F)F)cc3c(=O)c2c1. The predicted molar refractivity (Wildman–Crippen MR) is 73.5 cm³/mol. The molecule has 0 atom stereocenters. The molecule has 3 nitrogen and oxygen atoms in total. The van der Waals surface area contributed by atoms with Crippen molar-refractivity contribution >= 4 is 21.8 Å². The highest BCUT2D eigenvalue weighted by molar-refractivity contribution is 5.95. The number of phenols is 1. The van der Waals surface area contributed by atoms with Crippen LogP contribution >= 0.6 is 0 Å². The van der Waals surface area contributed by atoms with Crippen molar-refractivity contribution in [1.29, 1.82) is 0 Å². The second-order valence-electron chi connectivity index (χ2n) is 4.92. The van der Waals surface area contributed by atoms with Crippen LogP contribution in [0.25, 0.3) is 21.8 Å². The molecule has 0 saturated heterocycles. The second kappa shape index (κ2) is 4.25. The minimum absolute atomic E-state index is 0.0534. The van der Waals surface area contributed by atoms with E-state index in [9.17, 15) is 23.1 Å². The molecule has 108 valence electrons. The summed E-state index contributed by atoms with van der Waals surface area (Å²) in [6.45, 7) is 1.69. The van der Waals surface area contributed by atoms with Gasteiger partial charge in [-0.1, -0.05) is 0 Å². The van der Waals surface area contributed by atoms with Crippen molar-refractivity contribution < 1.29 is 18.3 Å². The van der Waals surface area contributed by atoms with Crippen molar-refractivity contribution in [3.63, 3.8) is 0 Å². The van der Waals surface area contributed by atoms with Gasteiger partial charge in [0.05, 0.1) is 16.5 Å². The Kier molecular flexibility index (Phi) is 2.73. The van der Waals surface area contributed by atoms with Gasteiger partial charge in [0.1, 0.15) is 5.75 Å². The lowest BCUT2D eigenvalue weighted by Crippen LogP contribution is -2.09. The lowest BCUT2D eigenvalue weighted by atomic mass is 10.1. The number of H-pyrrole nitrogens is 1. The van der Waals surface area contributed by atoms with Crippen LogP contribution in [-0.2, 0) is 6.18 Å². The van der Waals surface area contributed by atoms with Gasteiger partial charge in [-0.2, -0.15) is 13.2 Å². The van der Waals surface area contributed by atoms with Crippen molar-refractivity contribution in [3.8, 4) is 5.75 Å². The molecule has 0 saturated carbocycles. The fraction of sp³-hybridized carbons (Fsp3) is 0.133. The van der Waals surface area contributed by atoms with Gasteiger partial charge in [-0.05, 0) is 42.8 Å². The number of aryl methyl sites for hydroxylation is 1. The van der Waals surface area contributed by atoms with E-state index >= 15 is 0 Å². The molecular weight excluding hydrogens is 283 g/mol. The third kappa shape index (κ3) is 2.12. The molecule has 3 rings (SSSR count). The molecule has 3 aromatic rings. The second-order valence-corrected chi connectivity index (χ2v) is 4.92. The highest BCUT2D eigenvalue weighted by Crippen LogP contribution is 2.31. The van der Waals surface area contributed by atoms with E-state index in [0.29, 0.717) is 5.56 Å². The van der Waals surface area contributed by atoms with E-state index in [1.165, 1.54) is 18.2 Å². The van der Waals surface area contributed by atoms with E-state index < -0.39 is 17.2 Å². The van der Waals surface area contributed by atoms with Crippen molar-refractivity contribution in [2.24, 2.45) is 0 Å². The molecule has 0 radical (unpaired) electrons. The number of aromatic hydroxyl groups is 1. The number of halogens is 3. The van der Waals surface area contributed by atoms with Gasteiger partial charge in [0.15, 0.2) is 5.43 Å². The Balaban J connectivity index is 2.46. The van der Waals surface area contributed by atoms with E-state index in [0.717, 1.165) is 12.1 Å². The minimum atomic E-state index is -4.51. The Morgan fingerprint density at radius 1 is 1.10 bits per heavy atom. The van der Waals surface area contributed by atoms with Gasteiger partial charge in [-0.15, -0.1) is 0 Å². The molecule has 0 bridgehead atoms. The molecule has 2 N–H and O–H groups in total. The third-order valence-corrected chi connectivity index (χ3v) is 3.36. The van der Waals surface area contributed by atoms with Crippen molar-refractivity contribution in [2.45, 2.75) is 13.1 Å². The summed E-state index contributed by atoms with van der Waals surface area (Å²) in [6.07, 6.45) is -4.51. The van der Waals surface area contributed by atoms with Crippen LogP contribution < -0.4 is 5.43 Å². The monoisotopic (exact) mass is 293 g/mol. The first kappa shape index (κ1) is 13.5. The molecule has 2 aromatic carbocycles. The first-order chi connectivity index (χ1) is 9.77. The quantitative estimate of drug-likeness (QED) is 0.621. The number of alkyl halides is 3. The summed E-state index contributed by atoms with van der Waals surface area (Å²) in [6, 6.07) is 5.93. The molecule has 0 aliphatic rings. The number of benzene rings is 2. The summed E-state index contributed by atoms with van der Waals surface area (Å²) in [7, 11) is 0. The number of pyridine rings is 1. The summed E-state index contributed by atoms with van der Waals surface area (Å²) in [5, 5.41) is 9.98.